The number of aromatic nitrogens is 2. The largest absolute Gasteiger partial charge is 0.497 e. The van der Waals surface area contributed by atoms with Crippen LogP contribution in [-0.2, 0) is 9.47 Å². The van der Waals surface area contributed by atoms with Gasteiger partial charge in [0.25, 0.3) is 0 Å². The molecule has 30 heavy (non-hydrogen) atoms. The number of nitrogens with zero attached hydrogens (tertiary/aromatic N) is 3. The lowest BCUT2D eigenvalue weighted by Crippen LogP contribution is -2.40. The minimum Gasteiger partial charge on any atom is -0.497 e. The molecule has 2 unspecified atom stereocenters. The second-order valence-corrected chi connectivity index (χ2v) is 7.86. The van der Waals surface area contributed by atoms with E-state index in [9.17, 15) is 5.11 Å². The third kappa shape index (κ3) is 6.47. The molecule has 1 aromatic carbocycles. The van der Waals surface area contributed by atoms with Crippen molar-refractivity contribution < 1.29 is 19.3 Å². The SMILES string of the molecule is COCC(C)OCC(O)CN1CCC(c2nccc(-c3ccc(OC)cc3)n2)CC1. The van der Waals surface area contributed by atoms with Gasteiger partial charge in [0.2, 0.25) is 0 Å². The summed E-state index contributed by atoms with van der Waals surface area (Å²) in [6, 6.07) is 9.87. The molecule has 0 radical (unpaired) electrons. The highest BCUT2D eigenvalue weighted by molar-refractivity contribution is 5.59. The molecule has 1 aromatic heterocycles. The van der Waals surface area contributed by atoms with Gasteiger partial charge >= 0.3 is 0 Å². The summed E-state index contributed by atoms with van der Waals surface area (Å²) < 4.78 is 15.9. The second kappa shape index (κ2) is 11.4. The Morgan fingerprint density at radius 2 is 1.83 bits per heavy atom. The van der Waals surface area contributed by atoms with Gasteiger partial charge in [0, 0.05) is 31.3 Å². The first-order valence-electron chi connectivity index (χ1n) is 10.6. The van der Waals surface area contributed by atoms with E-state index in [1.165, 1.54) is 0 Å². The van der Waals surface area contributed by atoms with Gasteiger partial charge in [-0.25, -0.2) is 9.97 Å². The molecule has 2 aromatic rings. The van der Waals surface area contributed by atoms with Crippen LogP contribution in [0.1, 0.15) is 31.5 Å². The average Bonchev–Trinajstić information content (AvgIpc) is 2.78. The lowest BCUT2D eigenvalue weighted by Gasteiger charge is -2.32. The van der Waals surface area contributed by atoms with Crippen molar-refractivity contribution in [2.45, 2.75) is 37.9 Å². The molecule has 0 saturated carbocycles. The average molecular weight is 416 g/mol. The molecule has 2 heterocycles. The Balaban J connectivity index is 1.50. The number of methoxy groups -OCH3 is 2. The van der Waals surface area contributed by atoms with Crippen molar-refractivity contribution in [3.63, 3.8) is 0 Å². The highest BCUT2D eigenvalue weighted by Crippen LogP contribution is 2.27. The van der Waals surface area contributed by atoms with Crippen LogP contribution >= 0.6 is 0 Å². The van der Waals surface area contributed by atoms with Gasteiger partial charge in [-0.1, -0.05) is 0 Å². The van der Waals surface area contributed by atoms with Gasteiger partial charge in [-0.3, -0.25) is 0 Å². The van der Waals surface area contributed by atoms with Gasteiger partial charge in [-0.2, -0.15) is 0 Å². The van der Waals surface area contributed by atoms with E-state index in [0.717, 1.165) is 48.8 Å². The Morgan fingerprint density at radius 3 is 2.50 bits per heavy atom. The number of benzene rings is 1. The molecule has 0 bridgehead atoms. The maximum Gasteiger partial charge on any atom is 0.132 e. The predicted molar refractivity (Wildman–Crippen MR) is 116 cm³/mol. The lowest BCUT2D eigenvalue weighted by molar-refractivity contribution is -0.0411. The van der Waals surface area contributed by atoms with E-state index < -0.39 is 6.10 Å². The van der Waals surface area contributed by atoms with Gasteiger partial charge in [-0.15, -0.1) is 0 Å². The van der Waals surface area contributed by atoms with Crippen LogP contribution in [0.4, 0.5) is 0 Å². The molecule has 1 aliphatic heterocycles. The summed E-state index contributed by atoms with van der Waals surface area (Å²) in [6.45, 7) is 5.28. The van der Waals surface area contributed by atoms with Gasteiger partial charge < -0.3 is 24.2 Å². The summed E-state index contributed by atoms with van der Waals surface area (Å²) in [6.07, 6.45) is 3.32. The van der Waals surface area contributed by atoms with Crippen molar-refractivity contribution in [3.8, 4) is 17.0 Å². The molecule has 1 aliphatic rings. The van der Waals surface area contributed by atoms with Crippen LogP contribution in [-0.4, -0.2) is 79.2 Å². The van der Waals surface area contributed by atoms with Crippen LogP contribution in [0.25, 0.3) is 11.3 Å². The summed E-state index contributed by atoms with van der Waals surface area (Å²) in [4.78, 5) is 11.7. The zero-order valence-electron chi connectivity index (χ0n) is 18.2. The first-order valence-corrected chi connectivity index (χ1v) is 10.6. The minimum absolute atomic E-state index is 0.00878. The van der Waals surface area contributed by atoms with E-state index in [1.807, 2.05) is 43.5 Å². The van der Waals surface area contributed by atoms with Crippen LogP contribution < -0.4 is 4.74 Å². The number of likely N-dealkylation sites (tertiary alicyclic amines) is 1. The fraction of sp³-hybridized carbons (Fsp3) is 0.565. The number of piperidine rings is 1. The topological polar surface area (TPSA) is 76.9 Å². The predicted octanol–water partition coefficient (Wildman–Crippen LogP) is 2.74. The molecule has 164 valence electrons. The Labute approximate surface area is 179 Å². The smallest absolute Gasteiger partial charge is 0.132 e. The number of β-amino-alcohol motifs (C(OH)–C–C–N with tert-alkyl or cyclic N) is 1. The monoisotopic (exact) mass is 415 g/mol. The van der Waals surface area contributed by atoms with E-state index in [-0.39, 0.29) is 6.10 Å². The van der Waals surface area contributed by atoms with Crippen LogP contribution in [0.15, 0.2) is 36.5 Å². The second-order valence-electron chi connectivity index (χ2n) is 7.86. The first-order chi connectivity index (χ1) is 14.6. The summed E-state index contributed by atoms with van der Waals surface area (Å²) in [5.74, 6) is 2.08. The molecule has 3 rings (SSSR count). The zero-order valence-corrected chi connectivity index (χ0v) is 18.2. The molecular weight excluding hydrogens is 382 g/mol. The lowest BCUT2D eigenvalue weighted by atomic mass is 9.95. The summed E-state index contributed by atoms with van der Waals surface area (Å²) in [7, 11) is 3.31. The normalized spacial score (nSPS) is 17.6. The molecule has 7 heteroatoms. The van der Waals surface area contributed by atoms with Crippen molar-refractivity contribution in [3.05, 3.63) is 42.4 Å². The van der Waals surface area contributed by atoms with Crippen molar-refractivity contribution in [1.82, 2.24) is 14.9 Å². The molecule has 1 N–H and O–H groups in total. The first kappa shape index (κ1) is 22.6. The molecule has 0 amide bonds. The highest BCUT2D eigenvalue weighted by atomic mass is 16.5. The van der Waals surface area contributed by atoms with Crippen molar-refractivity contribution >= 4 is 0 Å². The zero-order chi connectivity index (χ0) is 21.3. The fourth-order valence-electron chi connectivity index (χ4n) is 3.78. The van der Waals surface area contributed by atoms with Crippen molar-refractivity contribution in [2.75, 3.05) is 47.1 Å². The molecular formula is C23H33N3O4. The number of aliphatic hydroxyl groups excluding tert-OH is 1. The van der Waals surface area contributed by atoms with E-state index in [2.05, 4.69) is 9.88 Å². The third-order valence-corrected chi connectivity index (χ3v) is 5.46. The minimum atomic E-state index is -0.490. The number of hydrogen-bond acceptors (Lipinski definition) is 7. The Morgan fingerprint density at radius 1 is 1.10 bits per heavy atom. The maximum absolute atomic E-state index is 10.3. The van der Waals surface area contributed by atoms with Gasteiger partial charge in [0.05, 0.1) is 38.2 Å². The van der Waals surface area contributed by atoms with Crippen LogP contribution in [0.2, 0.25) is 0 Å². The van der Waals surface area contributed by atoms with Crippen molar-refractivity contribution in [2.24, 2.45) is 0 Å². The van der Waals surface area contributed by atoms with E-state index in [1.54, 1.807) is 14.2 Å². The third-order valence-electron chi connectivity index (χ3n) is 5.46. The molecule has 1 fully saturated rings. The van der Waals surface area contributed by atoms with E-state index in [4.69, 9.17) is 19.2 Å². The number of rotatable bonds is 10. The Kier molecular flexibility index (Phi) is 8.57. The molecule has 7 nitrogen and oxygen atoms in total. The number of ether oxygens (including phenoxy) is 3. The van der Waals surface area contributed by atoms with Crippen LogP contribution in [0.5, 0.6) is 5.75 Å². The fourth-order valence-corrected chi connectivity index (χ4v) is 3.78. The molecule has 1 saturated heterocycles. The quantitative estimate of drug-likeness (QED) is 0.639. The standard InChI is InChI=1S/C23H33N3O4/c1-17(15-28-2)30-16-20(27)14-26-12-9-19(10-13-26)23-24-11-8-22(25-23)18-4-6-21(29-3)7-5-18/h4-8,11,17,19-20,27H,9-10,12-16H2,1-3H3. The maximum atomic E-state index is 10.3. The Hall–Kier alpha value is -2.06. The Bertz CT molecular complexity index is 763. The van der Waals surface area contributed by atoms with E-state index in [0.29, 0.717) is 25.7 Å². The summed E-state index contributed by atoms with van der Waals surface area (Å²) in [5, 5.41) is 10.3. The summed E-state index contributed by atoms with van der Waals surface area (Å²) >= 11 is 0. The summed E-state index contributed by atoms with van der Waals surface area (Å²) in [5.41, 5.74) is 1.99. The van der Waals surface area contributed by atoms with Crippen LogP contribution in [0, 0.1) is 0 Å². The molecule has 0 aliphatic carbocycles. The van der Waals surface area contributed by atoms with Crippen LogP contribution in [0.3, 0.4) is 0 Å². The van der Waals surface area contributed by atoms with Gasteiger partial charge in [-0.05, 0) is 63.2 Å². The molecule has 2 atom stereocenters. The van der Waals surface area contributed by atoms with Crippen molar-refractivity contribution in [1.29, 1.82) is 0 Å². The number of aliphatic hydroxyl groups is 1. The molecule has 0 spiro atoms. The van der Waals surface area contributed by atoms with Gasteiger partial charge in [0.1, 0.15) is 11.6 Å². The number of hydrogen-bond donors (Lipinski definition) is 1. The van der Waals surface area contributed by atoms with Gasteiger partial charge in [0.15, 0.2) is 0 Å². The van der Waals surface area contributed by atoms with E-state index >= 15 is 0 Å². The highest BCUT2D eigenvalue weighted by Gasteiger charge is 2.24.